The average Bonchev–Trinajstić information content (AvgIpc) is 3.17. The lowest BCUT2D eigenvalue weighted by Gasteiger charge is -2.11. The quantitative estimate of drug-likeness (QED) is 0.582. The first-order valence-corrected chi connectivity index (χ1v) is 9.18. The minimum absolute atomic E-state index is 0.228. The van der Waals surface area contributed by atoms with E-state index in [0.29, 0.717) is 11.4 Å². The van der Waals surface area contributed by atoms with Crippen molar-refractivity contribution in [3.05, 3.63) is 65.9 Å². The highest BCUT2D eigenvalue weighted by molar-refractivity contribution is 5.94. The van der Waals surface area contributed by atoms with Crippen LogP contribution in [0, 0.1) is 11.3 Å². The molecule has 1 atom stereocenters. The molecule has 8 heteroatoms. The lowest BCUT2D eigenvalue weighted by molar-refractivity contribution is -0.125. The summed E-state index contributed by atoms with van der Waals surface area (Å²) in [6, 6.07) is 16.7. The second-order valence-corrected chi connectivity index (χ2v) is 6.51. The maximum Gasteiger partial charge on any atom is 0.338 e. The molecule has 0 aliphatic heterocycles. The second-order valence-electron chi connectivity index (χ2n) is 6.51. The van der Waals surface area contributed by atoms with Crippen molar-refractivity contribution in [3.8, 4) is 6.07 Å². The molecule has 1 heterocycles. The van der Waals surface area contributed by atoms with Crippen molar-refractivity contribution in [2.75, 3.05) is 11.9 Å². The van der Waals surface area contributed by atoms with Crippen LogP contribution >= 0.6 is 0 Å². The van der Waals surface area contributed by atoms with Crippen LogP contribution in [0.15, 0.2) is 59.0 Å². The molecule has 3 rings (SSSR count). The molecule has 0 saturated carbocycles. The van der Waals surface area contributed by atoms with Crippen LogP contribution < -0.4 is 10.6 Å². The van der Waals surface area contributed by atoms with Crippen LogP contribution in [0.3, 0.4) is 0 Å². The zero-order chi connectivity index (χ0) is 21.5. The molecule has 30 heavy (non-hydrogen) atoms. The van der Waals surface area contributed by atoms with Crippen LogP contribution in [0.1, 0.15) is 35.5 Å². The monoisotopic (exact) mass is 405 g/mol. The van der Waals surface area contributed by atoms with E-state index in [9.17, 15) is 14.4 Å². The van der Waals surface area contributed by atoms with Gasteiger partial charge in [0.1, 0.15) is 17.8 Å². The second kappa shape index (κ2) is 9.39. The number of amides is 2. The highest BCUT2D eigenvalue weighted by atomic mass is 16.5. The predicted molar refractivity (Wildman–Crippen MR) is 108 cm³/mol. The maximum absolute atomic E-state index is 12.1. The molecule has 3 aromatic rings. The Hall–Kier alpha value is -4.12. The van der Waals surface area contributed by atoms with Gasteiger partial charge in [-0.25, -0.2) is 4.79 Å². The van der Waals surface area contributed by atoms with E-state index >= 15 is 0 Å². The number of hydrogen-bond donors (Lipinski definition) is 2. The minimum Gasteiger partial charge on any atom is -0.459 e. The summed E-state index contributed by atoms with van der Waals surface area (Å²) in [5.74, 6) is -0.971. The first kappa shape index (κ1) is 20.6. The summed E-state index contributed by atoms with van der Waals surface area (Å²) in [6.07, 6.45) is -0.259. The lowest BCUT2D eigenvalue weighted by Crippen LogP contribution is -2.31. The van der Waals surface area contributed by atoms with Crippen molar-refractivity contribution in [2.24, 2.45) is 0 Å². The van der Waals surface area contributed by atoms with Crippen molar-refractivity contribution in [1.29, 1.82) is 5.26 Å². The number of hydrogen-bond acceptors (Lipinski definition) is 6. The van der Waals surface area contributed by atoms with Crippen LogP contribution in [0.2, 0.25) is 0 Å². The van der Waals surface area contributed by atoms with E-state index in [1.165, 1.54) is 24.3 Å². The van der Waals surface area contributed by atoms with Gasteiger partial charge in [0, 0.05) is 11.1 Å². The Morgan fingerprint density at radius 2 is 1.83 bits per heavy atom. The molecule has 1 aromatic heterocycles. The summed E-state index contributed by atoms with van der Waals surface area (Å²) >= 11 is 0. The zero-order valence-electron chi connectivity index (χ0n) is 16.2. The molecule has 0 bridgehead atoms. The Balaban J connectivity index is 1.49. The van der Waals surface area contributed by atoms with Gasteiger partial charge >= 0.3 is 5.97 Å². The molecule has 0 aliphatic carbocycles. The maximum atomic E-state index is 12.1. The molecule has 0 spiro atoms. The van der Waals surface area contributed by atoms with Gasteiger partial charge in [0.2, 0.25) is 5.91 Å². The predicted octanol–water partition coefficient (Wildman–Crippen LogP) is 3.32. The number of rotatable bonds is 7. The zero-order valence-corrected chi connectivity index (χ0v) is 16.2. The summed E-state index contributed by atoms with van der Waals surface area (Å²) in [5.41, 5.74) is 1.41. The van der Waals surface area contributed by atoms with E-state index in [-0.39, 0.29) is 18.0 Å². The highest BCUT2D eigenvalue weighted by Crippen LogP contribution is 2.23. The van der Waals surface area contributed by atoms with E-state index in [1.807, 2.05) is 30.3 Å². The third-order valence-corrected chi connectivity index (χ3v) is 4.23. The number of nitrogens with one attached hydrogen (secondary N) is 2. The number of benzene rings is 2. The first-order valence-electron chi connectivity index (χ1n) is 9.18. The summed E-state index contributed by atoms with van der Waals surface area (Å²) in [7, 11) is 0. The Kier molecular flexibility index (Phi) is 6.45. The molecule has 0 aliphatic rings. The molecule has 2 N–H and O–H groups in total. The molecule has 2 aromatic carbocycles. The Bertz CT molecular complexity index is 1080. The van der Waals surface area contributed by atoms with Crippen molar-refractivity contribution < 1.29 is 23.5 Å². The topological polar surface area (TPSA) is 121 Å². The summed E-state index contributed by atoms with van der Waals surface area (Å²) in [5, 5.41) is 14.7. The van der Waals surface area contributed by atoms with E-state index in [4.69, 9.17) is 14.4 Å². The van der Waals surface area contributed by atoms with Gasteiger partial charge in [0.15, 0.2) is 6.61 Å². The fourth-order valence-electron chi connectivity index (χ4n) is 2.75. The normalized spacial score (nSPS) is 11.3. The highest BCUT2D eigenvalue weighted by Gasteiger charge is 2.16. The number of fused-ring (bicyclic) bond motifs is 1. The summed E-state index contributed by atoms with van der Waals surface area (Å²) < 4.78 is 10.7. The third-order valence-electron chi connectivity index (χ3n) is 4.23. The first-order chi connectivity index (χ1) is 14.5. The van der Waals surface area contributed by atoms with Crippen molar-refractivity contribution in [1.82, 2.24) is 5.32 Å². The number of para-hydroxylation sites is 1. The molecule has 0 fully saturated rings. The largest absolute Gasteiger partial charge is 0.459 e. The van der Waals surface area contributed by atoms with Crippen LogP contribution in [0.25, 0.3) is 11.0 Å². The van der Waals surface area contributed by atoms with Crippen molar-refractivity contribution in [2.45, 2.75) is 19.4 Å². The van der Waals surface area contributed by atoms with Crippen molar-refractivity contribution >= 4 is 34.4 Å². The number of anilines is 1. The molecule has 152 valence electrons. The van der Waals surface area contributed by atoms with Crippen molar-refractivity contribution in [3.63, 3.8) is 0 Å². The van der Waals surface area contributed by atoms with Gasteiger partial charge in [0.25, 0.3) is 5.91 Å². The summed E-state index contributed by atoms with van der Waals surface area (Å²) in [6.45, 7) is 1.33. The number of nitriles is 1. The SMILES string of the molecule is C[C@H](NC(=O)COC(=O)c1ccc(NC(=O)CC#N)cc1)c1cc2ccccc2o1. The van der Waals surface area contributed by atoms with E-state index < -0.39 is 24.4 Å². The molecular weight excluding hydrogens is 386 g/mol. The van der Waals surface area contributed by atoms with Gasteiger partial charge in [-0.05, 0) is 43.3 Å². The molecule has 0 unspecified atom stereocenters. The minimum atomic E-state index is -0.670. The number of carbonyl (C=O) groups excluding carboxylic acids is 3. The molecular formula is C22H19N3O5. The Labute approximate surface area is 172 Å². The van der Waals surface area contributed by atoms with Crippen LogP contribution in [-0.4, -0.2) is 24.4 Å². The van der Waals surface area contributed by atoms with Gasteiger partial charge < -0.3 is 19.8 Å². The van der Waals surface area contributed by atoms with Crippen LogP contribution in [-0.2, 0) is 14.3 Å². The van der Waals surface area contributed by atoms with Gasteiger partial charge in [-0.3, -0.25) is 9.59 Å². The number of ether oxygens (including phenoxy) is 1. The van der Waals surface area contributed by atoms with Gasteiger partial charge in [0.05, 0.1) is 17.7 Å². The van der Waals surface area contributed by atoms with Gasteiger partial charge in [-0.1, -0.05) is 18.2 Å². The Morgan fingerprint density at radius 1 is 1.10 bits per heavy atom. The molecule has 0 saturated heterocycles. The number of nitrogens with zero attached hydrogens (tertiary/aromatic N) is 1. The number of esters is 1. The number of carbonyl (C=O) groups is 3. The standard InChI is InChI=1S/C22H19N3O5/c1-14(19-12-16-4-2-3-5-18(16)30-19)24-21(27)13-29-22(28)15-6-8-17(9-7-15)25-20(26)10-11-23/h2-9,12,14H,10,13H2,1H3,(H,24,27)(H,25,26)/t14-/m0/s1. The van der Waals surface area contributed by atoms with Gasteiger partial charge in [-0.2, -0.15) is 5.26 Å². The van der Waals surface area contributed by atoms with E-state index in [0.717, 1.165) is 11.0 Å². The van der Waals surface area contributed by atoms with E-state index in [1.54, 1.807) is 13.0 Å². The lowest BCUT2D eigenvalue weighted by atomic mass is 10.2. The smallest absolute Gasteiger partial charge is 0.338 e. The molecule has 2 amide bonds. The average molecular weight is 405 g/mol. The van der Waals surface area contributed by atoms with Crippen LogP contribution in [0.4, 0.5) is 5.69 Å². The third kappa shape index (κ3) is 5.23. The Morgan fingerprint density at radius 3 is 2.53 bits per heavy atom. The van der Waals surface area contributed by atoms with Gasteiger partial charge in [-0.15, -0.1) is 0 Å². The fourth-order valence-corrected chi connectivity index (χ4v) is 2.75. The fraction of sp³-hybridized carbons (Fsp3) is 0.182. The molecule has 8 nitrogen and oxygen atoms in total. The molecule has 0 radical (unpaired) electrons. The van der Waals surface area contributed by atoms with E-state index in [2.05, 4.69) is 10.6 Å². The summed E-state index contributed by atoms with van der Waals surface area (Å²) in [4.78, 5) is 35.6. The number of furan rings is 1. The van der Waals surface area contributed by atoms with Crippen LogP contribution in [0.5, 0.6) is 0 Å².